The molecule has 1 aliphatic carbocycles. The van der Waals surface area contributed by atoms with Crippen LogP contribution in [0.25, 0.3) is 0 Å². The van der Waals surface area contributed by atoms with Crippen LogP contribution in [-0.4, -0.2) is 12.1 Å². The van der Waals surface area contributed by atoms with E-state index in [9.17, 15) is 0 Å². The quantitative estimate of drug-likeness (QED) is 0.632. The summed E-state index contributed by atoms with van der Waals surface area (Å²) in [5.41, 5.74) is 0. The maximum absolute atomic E-state index is 3.60. The van der Waals surface area contributed by atoms with Gasteiger partial charge in [0.1, 0.15) is 0 Å². The Morgan fingerprint density at radius 3 is 2.40 bits per heavy atom. The van der Waals surface area contributed by atoms with Crippen molar-refractivity contribution in [3.8, 4) is 0 Å². The van der Waals surface area contributed by atoms with Crippen molar-refractivity contribution in [2.24, 2.45) is 5.92 Å². The highest BCUT2D eigenvalue weighted by Gasteiger charge is 2.24. The van der Waals surface area contributed by atoms with Crippen molar-refractivity contribution in [2.75, 3.05) is 0 Å². The standard InChI is InChI=1S/C9H19N/c1-4-7(2)8(3)10-9-5-6-9/h7-10H,4-6H2,1-3H3/t7-,8+/m1/s1. The van der Waals surface area contributed by atoms with Gasteiger partial charge >= 0.3 is 0 Å². The molecule has 1 saturated carbocycles. The van der Waals surface area contributed by atoms with Crippen LogP contribution in [0.15, 0.2) is 0 Å². The minimum absolute atomic E-state index is 0.720. The van der Waals surface area contributed by atoms with Crippen molar-refractivity contribution in [1.29, 1.82) is 0 Å². The summed E-state index contributed by atoms with van der Waals surface area (Å²) in [5, 5.41) is 3.60. The van der Waals surface area contributed by atoms with Crippen molar-refractivity contribution >= 4 is 0 Å². The molecule has 0 aromatic carbocycles. The van der Waals surface area contributed by atoms with Crippen LogP contribution >= 0.6 is 0 Å². The van der Waals surface area contributed by atoms with Crippen LogP contribution in [0.5, 0.6) is 0 Å². The SMILES string of the molecule is CC[C@@H](C)[C@H](C)NC1CC1. The van der Waals surface area contributed by atoms with Gasteiger partial charge in [-0.25, -0.2) is 0 Å². The average molecular weight is 141 g/mol. The zero-order valence-electron chi connectivity index (χ0n) is 7.35. The molecule has 1 heteroatoms. The largest absolute Gasteiger partial charge is 0.311 e. The normalized spacial score (nSPS) is 24.3. The first-order valence-electron chi connectivity index (χ1n) is 4.50. The number of rotatable bonds is 4. The molecule has 0 unspecified atom stereocenters. The highest BCUT2D eigenvalue weighted by Crippen LogP contribution is 2.21. The molecule has 10 heavy (non-hydrogen) atoms. The molecule has 1 nitrogen and oxygen atoms in total. The molecule has 60 valence electrons. The monoisotopic (exact) mass is 141 g/mol. The van der Waals surface area contributed by atoms with E-state index in [0.29, 0.717) is 0 Å². The Hall–Kier alpha value is -0.0400. The Bertz CT molecular complexity index is 96.9. The molecule has 0 heterocycles. The van der Waals surface area contributed by atoms with E-state index in [1.54, 1.807) is 0 Å². The summed E-state index contributed by atoms with van der Waals surface area (Å²) < 4.78 is 0. The molecule has 1 fully saturated rings. The molecular weight excluding hydrogens is 122 g/mol. The first-order valence-corrected chi connectivity index (χ1v) is 4.50. The predicted molar refractivity (Wildman–Crippen MR) is 45.1 cm³/mol. The Morgan fingerprint density at radius 1 is 1.40 bits per heavy atom. The van der Waals surface area contributed by atoms with E-state index >= 15 is 0 Å². The number of nitrogens with one attached hydrogen (secondary N) is 1. The summed E-state index contributed by atoms with van der Waals surface area (Å²) in [4.78, 5) is 0. The first kappa shape index (κ1) is 8.06. The third-order valence-electron chi connectivity index (χ3n) is 2.57. The van der Waals surface area contributed by atoms with Crippen LogP contribution in [0.2, 0.25) is 0 Å². The molecule has 0 saturated heterocycles. The topological polar surface area (TPSA) is 12.0 Å². The van der Waals surface area contributed by atoms with E-state index in [2.05, 4.69) is 26.1 Å². The molecule has 0 spiro atoms. The van der Waals surface area contributed by atoms with Gasteiger partial charge in [0, 0.05) is 12.1 Å². The van der Waals surface area contributed by atoms with Crippen molar-refractivity contribution in [3.63, 3.8) is 0 Å². The first-order chi connectivity index (χ1) is 4.74. The molecule has 0 amide bonds. The molecule has 2 atom stereocenters. The summed E-state index contributed by atoms with van der Waals surface area (Å²) >= 11 is 0. The molecule has 0 radical (unpaired) electrons. The van der Waals surface area contributed by atoms with Gasteiger partial charge in [-0.3, -0.25) is 0 Å². The zero-order chi connectivity index (χ0) is 7.56. The fourth-order valence-electron chi connectivity index (χ4n) is 1.14. The minimum atomic E-state index is 0.720. The zero-order valence-corrected chi connectivity index (χ0v) is 7.35. The summed E-state index contributed by atoms with van der Waals surface area (Å²) in [6, 6.07) is 1.58. The lowest BCUT2D eigenvalue weighted by molar-refractivity contribution is 0.388. The van der Waals surface area contributed by atoms with E-state index in [-0.39, 0.29) is 0 Å². The van der Waals surface area contributed by atoms with Crippen molar-refractivity contribution in [2.45, 2.75) is 52.1 Å². The van der Waals surface area contributed by atoms with Crippen LogP contribution in [0, 0.1) is 5.92 Å². The fourth-order valence-corrected chi connectivity index (χ4v) is 1.14. The summed E-state index contributed by atoms with van der Waals surface area (Å²) in [7, 11) is 0. The Morgan fingerprint density at radius 2 is 2.00 bits per heavy atom. The Labute approximate surface area is 64.2 Å². The van der Waals surface area contributed by atoms with E-state index in [0.717, 1.165) is 18.0 Å². The van der Waals surface area contributed by atoms with Gasteiger partial charge < -0.3 is 5.32 Å². The number of hydrogen-bond acceptors (Lipinski definition) is 1. The second kappa shape index (κ2) is 3.38. The van der Waals surface area contributed by atoms with Gasteiger partial charge in [0.25, 0.3) is 0 Å². The molecule has 1 rings (SSSR count). The van der Waals surface area contributed by atoms with E-state index in [4.69, 9.17) is 0 Å². The maximum atomic E-state index is 3.60. The van der Waals surface area contributed by atoms with Crippen LogP contribution in [0.4, 0.5) is 0 Å². The van der Waals surface area contributed by atoms with E-state index in [1.807, 2.05) is 0 Å². The Kier molecular flexibility index (Phi) is 2.72. The van der Waals surface area contributed by atoms with Gasteiger partial charge in [-0.1, -0.05) is 20.3 Å². The maximum Gasteiger partial charge on any atom is 0.00708 e. The van der Waals surface area contributed by atoms with E-state index < -0.39 is 0 Å². The van der Waals surface area contributed by atoms with Crippen LogP contribution in [0.3, 0.4) is 0 Å². The van der Waals surface area contributed by atoms with Gasteiger partial charge in [-0.05, 0) is 25.7 Å². The van der Waals surface area contributed by atoms with Gasteiger partial charge in [-0.15, -0.1) is 0 Å². The van der Waals surface area contributed by atoms with Crippen LogP contribution < -0.4 is 5.32 Å². The lowest BCUT2D eigenvalue weighted by Crippen LogP contribution is -2.33. The molecule has 0 aromatic heterocycles. The Balaban J connectivity index is 2.11. The van der Waals surface area contributed by atoms with E-state index in [1.165, 1.54) is 19.3 Å². The van der Waals surface area contributed by atoms with Crippen molar-refractivity contribution in [1.82, 2.24) is 5.32 Å². The van der Waals surface area contributed by atoms with Gasteiger partial charge in [0.2, 0.25) is 0 Å². The second-order valence-corrected chi connectivity index (χ2v) is 3.62. The molecule has 0 aromatic rings. The van der Waals surface area contributed by atoms with Gasteiger partial charge in [0.05, 0.1) is 0 Å². The second-order valence-electron chi connectivity index (χ2n) is 3.62. The van der Waals surface area contributed by atoms with Gasteiger partial charge in [0.15, 0.2) is 0 Å². The summed E-state index contributed by atoms with van der Waals surface area (Å²) in [5.74, 6) is 0.834. The number of hydrogen-bond donors (Lipinski definition) is 1. The highest BCUT2D eigenvalue weighted by molar-refractivity contribution is 4.84. The lowest BCUT2D eigenvalue weighted by Gasteiger charge is -2.19. The van der Waals surface area contributed by atoms with Crippen molar-refractivity contribution in [3.05, 3.63) is 0 Å². The molecular formula is C9H19N. The lowest BCUT2D eigenvalue weighted by atomic mass is 10.0. The molecule has 0 bridgehead atoms. The predicted octanol–water partition coefficient (Wildman–Crippen LogP) is 2.17. The molecule has 1 aliphatic rings. The fraction of sp³-hybridized carbons (Fsp3) is 1.00. The van der Waals surface area contributed by atoms with Crippen LogP contribution in [0.1, 0.15) is 40.0 Å². The summed E-state index contributed by atoms with van der Waals surface area (Å²) in [6.07, 6.45) is 4.10. The minimum Gasteiger partial charge on any atom is -0.311 e. The third kappa shape index (κ3) is 2.30. The third-order valence-corrected chi connectivity index (χ3v) is 2.57. The highest BCUT2D eigenvalue weighted by atomic mass is 15.0. The average Bonchev–Trinajstić information content (AvgIpc) is 2.70. The van der Waals surface area contributed by atoms with Gasteiger partial charge in [-0.2, -0.15) is 0 Å². The van der Waals surface area contributed by atoms with Crippen molar-refractivity contribution < 1.29 is 0 Å². The molecule has 1 N–H and O–H groups in total. The van der Waals surface area contributed by atoms with Crippen LogP contribution in [-0.2, 0) is 0 Å². The smallest absolute Gasteiger partial charge is 0.00708 e. The molecule has 0 aliphatic heterocycles. The summed E-state index contributed by atoms with van der Waals surface area (Å²) in [6.45, 7) is 6.88.